The predicted molar refractivity (Wildman–Crippen MR) is 144 cm³/mol. The molecule has 1 heterocycles. The molecule has 0 saturated heterocycles. The van der Waals surface area contributed by atoms with Crippen LogP contribution in [-0.4, -0.2) is 54.3 Å². The van der Waals surface area contributed by atoms with E-state index in [4.69, 9.17) is 11.6 Å². The second kappa shape index (κ2) is 10.3. The van der Waals surface area contributed by atoms with Crippen molar-refractivity contribution in [3.63, 3.8) is 0 Å². The van der Waals surface area contributed by atoms with Crippen LogP contribution in [0.2, 0.25) is 5.02 Å². The number of halogens is 2. The summed E-state index contributed by atoms with van der Waals surface area (Å²) in [5, 5.41) is 19.6. The zero-order valence-electron chi connectivity index (χ0n) is 20.5. The van der Waals surface area contributed by atoms with E-state index in [1.807, 2.05) is 40.2 Å². The van der Waals surface area contributed by atoms with Crippen molar-refractivity contribution in [2.45, 2.75) is 6.92 Å². The molecule has 0 spiro atoms. The van der Waals surface area contributed by atoms with Crippen molar-refractivity contribution in [2.75, 3.05) is 37.5 Å². The highest BCUT2D eigenvalue weighted by molar-refractivity contribution is 6.34. The van der Waals surface area contributed by atoms with Gasteiger partial charge < -0.3 is 14.9 Å². The molecular formula is C27H27ClFN5O2. The van der Waals surface area contributed by atoms with Crippen molar-refractivity contribution in [3.8, 4) is 28.0 Å². The number of amides is 1. The van der Waals surface area contributed by atoms with E-state index in [2.05, 4.69) is 15.1 Å². The van der Waals surface area contributed by atoms with Crippen LogP contribution in [0.3, 0.4) is 0 Å². The lowest BCUT2D eigenvalue weighted by Gasteiger charge is -2.20. The smallest absolute Gasteiger partial charge is 0.218 e. The van der Waals surface area contributed by atoms with Crippen LogP contribution in [0.15, 0.2) is 61.1 Å². The van der Waals surface area contributed by atoms with Gasteiger partial charge in [-0.2, -0.15) is 5.10 Å². The maximum atomic E-state index is 14.9. The highest BCUT2D eigenvalue weighted by Crippen LogP contribution is 2.42. The van der Waals surface area contributed by atoms with Crippen molar-refractivity contribution in [3.05, 3.63) is 71.9 Å². The van der Waals surface area contributed by atoms with Gasteiger partial charge in [0.1, 0.15) is 11.6 Å². The van der Waals surface area contributed by atoms with Gasteiger partial charge in [0.05, 0.1) is 22.4 Å². The number of carbonyl (C=O) groups is 1. The van der Waals surface area contributed by atoms with E-state index < -0.39 is 5.82 Å². The number of rotatable bonds is 8. The van der Waals surface area contributed by atoms with Gasteiger partial charge in [0.25, 0.3) is 0 Å². The fraction of sp³-hybridized carbons (Fsp3) is 0.185. The van der Waals surface area contributed by atoms with Gasteiger partial charge in [-0.25, -0.2) is 4.39 Å². The van der Waals surface area contributed by atoms with Crippen LogP contribution in [0, 0.1) is 5.82 Å². The fourth-order valence-corrected chi connectivity index (χ4v) is 4.25. The van der Waals surface area contributed by atoms with Crippen LogP contribution in [0.1, 0.15) is 6.92 Å². The van der Waals surface area contributed by atoms with Crippen LogP contribution in [0.25, 0.3) is 33.2 Å². The first kappa shape index (κ1) is 25.1. The minimum Gasteiger partial charge on any atom is -0.507 e. The number of anilines is 2. The van der Waals surface area contributed by atoms with Gasteiger partial charge in [-0.1, -0.05) is 17.7 Å². The van der Waals surface area contributed by atoms with Gasteiger partial charge in [0.2, 0.25) is 6.41 Å². The first-order chi connectivity index (χ1) is 17.2. The number of carbonyl (C=O) groups excluding carboxylic acids is 1. The van der Waals surface area contributed by atoms with Gasteiger partial charge in [-0.3, -0.25) is 14.8 Å². The molecule has 0 bridgehead atoms. The summed E-state index contributed by atoms with van der Waals surface area (Å²) < 4.78 is 14.9. The van der Waals surface area contributed by atoms with E-state index in [-0.39, 0.29) is 16.3 Å². The topological polar surface area (TPSA) is 75.7 Å². The Morgan fingerprint density at radius 1 is 1.03 bits per heavy atom. The van der Waals surface area contributed by atoms with Crippen LogP contribution in [-0.2, 0) is 4.79 Å². The van der Waals surface area contributed by atoms with Gasteiger partial charge >= 0.3 is 0 Å². The SMILES string of the molecule is CCN(C)c1cc(-c2cc(F)cc(-c3ccc(N(C=O)/C=C\N(C)C)c(Cl)c3)c2O)cc2[nH]ncc12. The minimum absolute atomic E-state index is 0.0797. The highest BCUT2D eigenvalue weighted by Gasteiger charge is 2.18. The minimum atomic E-state index is -0.503. The lowest BCUT2D eigenvalue weighted by Crippen LogP contribution is -2.16. The number of hydrogen-bond acceptors (Lipinski definition) is 5. The molecule has 4 rings (SSSR count). The number of nitrogens with one attached hydrogen (secondary N) is 1. The summed E-state index contributed by atoms with van der Waals surface area (Å²) in [6, 6.07) is 11.3. The van der Waals surface area contributed by atoms with Crippen molar-refractivity contribution in [2.24, 2.45) is 0 Å². The standard InChI is InChI=1S/C27H27ClFN5O2/c1-5-33(4)26-12-18(11-24-22(26)15-30-31-24)21-14-19(29)13-20(27(21)36)17-6-7-25(23(28)10-17)34(16-35)9-8-32(2)3/h6-16,36H,5H2,1-4H3,(H,30,31)/b9-8-. The normalized spacial score (nSPS) is 11.3. The summed E-state index contributed by atoms with van der Waals surface area (Å²) in [5.74, 6) is -0.583. The van der Waals surface area contributed by atoms with Crippen LogP contribution < -0.4 is 9.80 Å². The van der Waals surface area contributed by atoms with Crippen LogP contribution in [0.5, 0.6) is 5.75 Å². The molecule has 4 aromatic rings. The first-order valence-electron chi connectivity index (χ1n) is 11.3. The monoisotopic (exact) mass is 507 g/mol. The van der Waals surface area contributed by atoms with Gasteiger partial charge in [-0.05, 0) is 54.4 Å². The van der Waals surface area contributed by atoms with Crippen molar-refractivity contribution in [1.29, 1.82) is 0 Å². The summed E-state index contributed by atoms with van der Waals surface area (Å²) in [4.78, 5) is 16.8. The van der Waals surface area contributed by atoms with Crippen molar-refractivity contribution in [1.82, 2.24) is 15.1 Å². The quantitative estimate of drug-likeness (QED) is 0.293. The lowest BCUT2D eigenvalue weighted by atomic mass is 9.95. The Morgan fingerprint density at radius 2 is 1.75 bits per heavy atom. The maximum absolute atomic E-state index is 14.9. The number of benzene rings is 3. The molecule has 1 amide bonds. The molecule has 186 valence electrons. The Bertz CT molecular complexity index is 1450. The van der Waals surface area contributed by atoms with E-state index in [1.165, 1.54) is 17.0 Å². The zero-order valence-corrected chi connectivity index (χ0v) is 21.2. The van der Waals surface area contributed by atoms with E-state index in [1.54, 1.807) is 41.7 Å². The first-order valence-corrected chi connectivity index (χ1v) is 11.7. The maximum Gasteiger partial charge on any atom is 0.218 e. The van der Waals surface area contributed by atoms with Gasteiger partial charge in [0.15, 0.2) is 0 Å². The molecular weight excluding hydrogens is 481 g/mol. The Labute approximate surface area is 214 Å². The van der Waals surface area contributed by atoms with Gasteiger partial charge in [0, 0.05) is 62.3 Å². The molecule has 0 aliphatic heterocycles. The summed E-state index contributed by atoms with van der Waals surface area (Å²) in [6.45, 7) is 2.79. The number of nitrogens with zero attached hydrogens (tertiary/aromatic N) is 4. The number of fused-ring (bicyclic) bond motifs is 1. The molecule has 0 radical (unpaired) electrons. The van der Waals surface area contributed by atoms with Crippen molar-refractivity contribution >= 4 is 40.3 Å². The number of aromatic amines is 1. The third kappa shape index (κ3) is 4.85. The largest absolute Gasteiger partial charge is 0.507 e. The van der Waals surface area contributed by atoms with Crippen molar-refractivity contribution < 1.29 is 14.3 Å². The molecule has 3 aromatic carbocycles. The van der Waals surface area contributed by atoms with Gasteiger partial charge in [-0.15, -0.1) is 0 Å². The van der Waals surface area contributed by atoms with E-state index in [0.717, 1.165) is 23.1 Å². The molecule has 0 saturated carbocycles. The number of hydrogen-bond donors (Lipinski definition) is 2. The Balaban J connectivity index is 1.81. The molecule has 0 aliphatic carbocycles. The molecule has 0 aliphatic rings. The van der Waals surface area contributed by atoms with E-state index >= 15 is 0 Å². The molecule has 36 heavy (non-hydrogen) atoms. The summed E-state index contributed by atoms with van der Waals surface area (Å²) >= 11 is 6.50. The van der Waals surface area contributed by atoms with Crippen LogP contribution >= 0.6 is 11.6 Å². The molecule has 7 nitrogen and oxygen atoms in total. The Hall–Kier alpha value is -4.04. The molecule has 1 aromatic heterocycles. The number of aromatic nitrogens is 2. The molecule has 0 atom stereocenters. The molecule has 0 unspecified atom stereocenters. The number of aromatic hydroxyl groups is 1. The Morgan fingerprint density at radius 3 is 2.39 bits per heavy atom. The second-order valence-corrected chi connectivity index (χ2v) is 9.04. The summed E-state index contributed by atoms with van der Waals surface area (Å²) in [5.41, 5.74) is 3.94. The average molecular weight is 508 g/mol. The zero-order chi connectivity index (χ0) is 26.0. The lowest BCUT2D eigenvalue weighted by molar-refractivity contribution is -0.106. The third-order valence-electron chi connectivity index (χ3n) is 5.98. The van der Waals surface area contributed by atoms with E-state index in [9.17, 15) is 14.3 Å². The summed E-state index contributed by atoms with van der Waals surface area (Å²) in [6.07, 6.45) is 5.69. The highest BCUT2D eigenvalue weighted by atomic mass is 35.5. The van der Waals surface area contributed by atoms with Crippen LogP contribution in [0.4, 0.5) is 15.8 Å². The number of phenolic OH excluding ortho intramolecular Hbond substituents is 1. The predicted octanol–water partition coefficient (Wildman–Crippen LogP) is 5.85. The molecule has 0 fully saturated rings. The molecule has 9 heteroatoms. The third-order valence-corrected chi connectivity index (χ3v) is 6.29. The summed E-state index contributed by atoms with van der Waals surface area (Å²) in [7, 11) is 5.63. The average Bonchev–Trinajstić information content (AvgIpc) is 3.34. The number of phenols is 1. The van der Waals surface area contributed by atoms with E-state index in [0.29, 0.717) is 28.8 Å². The molecule has 2 N–H and O–H groups in total. The Kier molecular flexibility index (Phi) is 7.17. The number of H-pyrrole nitrogens is 1. The second-order valence-electron chi connectivity index (χ2n) is 8.63. The fourth-order valence-electron chi connectivity index (χ4n) is 3.97.